The highest BCUT2D eigenvalue weighted by Gasteiger charge is 2.30. The monoisotopic (exact) mass is 457 g/mol. The molecule has 0 bridgehead atoms. The van der Waals surface area contributed by atoms with E-state index in [-0.39, 0.29) is 22.5 Å². The van der Waals surface area contributed by atoms with Gasteiger partial charge in [-0.1, -0.05) is 0 Å². The summed E-state index contributed by atoms with van der Waals surface area (Å²) < 4.78 is 33.3. The van der Waals surface area contributed by atoms with Crippen molar-refractivity contribution in [2.24, 2.45) is 0 Å². The van der Waals surface area contributed by atoms with E-state index in [4.69, 9.17) is 4.74 Å². The highest BCUT2D eigenvalue weighted by molar-refractivity contribution is 7.89. The lowest BCUT2D eigenvalue weighted by Crippen LogP contribution is -2.28. The van der Waals surface area contributed by atoms with Crippen LogP contribution in [0, 0.1) is 0 Å². The van der Waals surface area contributed by atoms with Gasteiger partial charge < -0.3 is 15.0 Å². The first kappa shape index (κ1) is 22.3. The first-order chi connectivity index (χ1) is 15.4. The van der Waals surface area contributed by atoms with Crippen molar-refractivity contribution in [2.75, 3.05) is 36.5 Å². The Hall–Kier alpha value is -2.91. The van der Waals surface area contributed by atoms with Gasteiger partial charge in [-0.3, -0.25) is 9.59 Å². The molecule has 2 heterocycles. The molecule has 0 atom stereocenters. The van der Waals surface area contributed by atoms with Crippen molar-refractivity contribution in [3.8, 4) is 5.75 Å². The largest absolute Gasteiger partial charge is 0.492 e. The Balaban J connectivity index is 1.55. The molecule has 2 fully saturated rings. The predicted molar refractivity (Wildman–Crippen MR) is 122 cm³/mol. The Labute approximate surface area is 188 Å². The molecule has 2 aliphatic rings. The van der Waals surface area contributed by atoms with E-state index in [1.807, 2.05) is 0 Å². The second kappa shape index (κ2) is 9.30. The molecule has 2 aliphatic heterocycles. The van der Waals surface area contributed by atoms with Gasteiger partial charge in [0, 0.05) is 43.0 Å². The lowest BCUT2D eigenvalue weighted by molar-refractivity contribution is -0.117. The number of benzene rings is 2. The highest BCUT2D eigenvalue weighted by Crippen LogP contribution is 2.32. The Bertz CT molecular complexity index is 1110. The second-order valence-electron chi connectivity index (χ2n) is 7.86. The molecule has 1 N–H and O–H groups in total. The van der Waals surface area contributed by atoms with Crippen LogP contribution >= 0.6 is 0 Å². The first-order valence-corrected chi connectivity index (χ1v) is 12.3. The third kappa shape index (κ3) is 4.49. The summed E-state index contributed by atoms with van der Waals surface area (Å²) in [7, 11) is -3.72. The van der Waals surface area contributed by atoms with E-state index in [1.165, 1.54) is 10.4 Å². The van der Waals surface area contributed by atoms with Gasteiger partial charge in [0.2, 0.25) is 15.9 Å². The van der Waals surface area contributed by atoms with E-state index in [2.05, 4.69) is 5.32 Å². The minimum Gasteiger partial charge on any atom is -0.492 e. The normalized spacial score (nSPS) is 17.0. The molecule has 2 amide bonds. The van der Waals surface area contributed by atoms with Crippen molar-refractivity contribution in [3.05, 3.63) is 48.0 Å². The smallest absolute Gasteiger partial charge is 0.255 e. The summed E-state index contributed by atoms with van der Waals surface area (Å²) >= 11 is 0. The molecule has 9 heteroatoms. The zero-order chi connectivity index (χ0) is 22.7. The van der Waals surface area contributed by atoms with Gasteiger partial charge in [-0.15, -0.1) is 0 Å². The highest BCUT2D eigenvalue weighted by atomic mass is 32.2. The average Bonchev–Trinajstić information content (AvgIpc) is 3.47. The van der Waals surface area contributed by atoms with Gasteiger partial charge in [-0.25, -0.2) is 8.42 Å². The van der Waals surface area contributed by atoms with Crippen LogP contribution < -0.4 is 15.0 Å². The molecular formula is C23H27N3O5S. The van der Waals surface area contributed by atoms with E-state index in [0.29, 0.717) is 43.9 Å². The number of hydrogen-bond acceptors (Lipinski definition) is 5. The van der Waals surface area contributed by atoms with Crippen LogP contribution in [0.15, 0.2) is 47.4 Å². The van der Waals surface area contributed by atoms with E-state index in [9.17, 15) is 18.0 Å². The topological polar surface area (TPSA) is 96.0 Å². The van der Waals surface area contributed by atoms with E-state index in [0.717, 1.165) is 24.9 Å². The van der Waals surface area contributed by atoms with Crippen molar-refractivity contribution in [3.63, 3.8) is 0 Å². The summed E-state index contributed by atoms with van der Waals surface area (Å²) in [6, 6.07) is 11.5. The van der Waals surface area contributed by atoms with E-state index >= 15 is 0 Å². The van der Waals surface area contributed by atoms with Gasteiger partial charge >= 0.3 is 0 Å². The molecule has 2 saturated heterocycles. The number of ether oxygens (including phenoxy) is 1. The summed E-state index contributed by atoms with van der Waals surface area (Å²) in [6.07, 6.45) is 3.04. The molecule has 0 aromatic heterocycles. The number of rotatable bonds is 7. The summed E-state index contributed by atoms with van der Waals surface area (Å²) in [5.74, 6) is -0.00154. The number of hydrogen-bond donors (Lipinski definition) is 1. The third-order valence-corrected chi connectivity index (χ3v) is 7.62. The fourth-order valence-corrected chi connectivity index (χ4v) is 5.72. The fourth-order valence-electron chi connectivity index (χ4n) is 4.05. The standard InChI is InChI=1S/C23H27N3O5S/c1-2-31-20-12-9-18(16-21(20)32(29,30)25-13-3-4-14-25)24-23(28)17-7-10-19(11-8-17)26-15-5-6-22(26)27/h7-12,16H,2-6,13-15H2,1H3,(H,24,28). The Morgan fingerprint density at radius 1 is 1.03 bits per heavy atom. The maximum absolute atomic E-state index is 13.1. The molecule has 4 rings (SSSR count). The molecular weight excluding hydrogens is 430 g/mol. The molecule has 2 aromatic carbocycles. The second-order valence-corrected chi connectivity index (χ2v) is 9.76. The Morgan fingerprint density at radius 3 is 2.38 bits per heavy atom. The van der Waals surface area contributed by atoms with Crippen molar-refractivity contribution in [1.82, 2.24) is 4.31 Å². The van der Waals surface area contributed by atoms with Crippen LogP contribution in [0.4, 0.5) is 11.4 Å². The fraction of sp³-hybridized carbons (Fsp3) is 0.391. The van der Waals surface area contributed by atoms with Gasteiger partial charge in [-0.2, -0.15) is 4.31 Å². The zero-order valence-corrected chi connectivity index (χ0v) is 18.9. The number of amides is 2. The molecule has 0 spiro atoms. The summed E-state index contributed by atoms with van der Waals surface area (Å²) in [5, 5.41) is 2.77. The van der Waals surface area contributed by atoms with Crippen LogP contribution in [0.25, 0.3) is 0 Å². The van der Waals surface area contributed by atoms with Crippen LogP contribution in [0.2, 0.25) is 0 Å². The van der Waals surface area contributed by atoms with Gasteiger partial charge in [-0.05, 0) is 68.7 Å². The maximum atomic E-state index is 13.1. The Kier molecular flexibility index (Phi) is 6.48. The van der Waals surface area contributed by atoms with Crippen molar-refractivity contribution < 1.29 is 22.7 Å². The first-order valence-electron chi connectivity index (χ1n) is 10.9. The maximum Gasteiger partial charge on any atom is 0.255 e. The van der Waals surface area contributed by atoms with Crippen LogP contribution in [-0.4, -0.2) is 50.8 Å². The van der Waals surface area contributed by atoms with Gasteiger partial charge in [0.15, 0.2) is 0 Å². The number of anilines is 2. The van der Waals surface area contributed by atoms with Gasteiger partial charge in [0.05, 0.1) is 6.61 Å². The number of carbonyl (C=O) groups excluding carboxylic acids is 2. The molecule has 170 valence electrons. The quantitative estimate of drug-likeness (QED) is 0.689. The minimum absolute atomic E-state index is 0.0574. The van der Waals surface area contributed by atoms with Crippen molar-refractivity contribution >= 4 is 33.2 Å². The van der Waals surface area contributed by atoms with Crippen LogP contribution in [-0.2, 0) is 14.8 Å². The predicted octanol–water partition coefficient (Wildman–Crippen LogP) is 3.25. The lowest BCUT2D eigenvalue weighted by atomic mass is 10.1. The summed E-state index contributed by atoms with van der Waals surface area (Å²) in [4.78, 5) is 26.4. The molecule has 0 unspecified atom stereocenters. The summed E-state index contributed by atoms with van der Waals surface area (Å²) in [5.41, 5.74) is 1.55. The molecule has 0 aliphatic carbocycles. The van der Waals surface area contributed by atoms with Crippen molar-refractivity contribution in [2.45, 2.75) is 37.5 Å². The lowest BCUT2D eigenvalue weighted by Gasteiger charge is -2.19. The molecule has 0 saturated carbocycles. The van der Waals surface area contributed by atoms with E-state index < -0.39 is 10.0 Å². The number of nitrogens with zero attached hydrogens (tertiary/aromatic N) is 2. The van der Waals surface area contributed by atoms with Crippen LogP contribution in [0.5, 0.6) is 5.75 Å². The average molecular weight is 458 g/mol. The molecule has 2 aromatic rings. The van der Waals surface area contributed by atoms with Crippen LogP contribution in [0.3, 0.4) is 0 Å². The Morgan fingerprint density at radius 2 is 1.75 bits per heavy atom. The van der Waals surface area contributed by atoms with E-state index in [1.54, 1.807) is 48.2 Å². The molecule has 0 radical (unpaired) electrons. The zero-order valence-electron chi connectivity index (χ0n) is 18.0. The third-order valence-electron chi connectivity index (χ3n) is 5.70. The summed E-state index contributed by atoms with van der Waals surface area (Å²) in [6.45, 7) is 3.78. The van der Waals surface area contributed by atoms with Gasteiger partial charge in [0.1, 0.15) is 10.6 Å². The number of sulfonamides is 1. The van der Waals surface area contributed by atoms with Crippen LogP contribution in [0.1, 0.15) is 43.0 Å². The molecule has 8 nitrogen and oxygen atoms in total. The molecule has 32 heavy (non-hydrogen) atoms. The minimum atomic E-state index is -3.72. The SMILES string of the molecule is CCOc1ccc(NC(=O)c2ccc(N3CCCC3=O)cc2)cc1S(=O)(=O)N1CCCC1. The number of nitrogens with one attached hydrogen (secondary N) is 1. The van der Waals surface area contributed by atoms with Crippen molar-refractivity contribution in [1.29, 1.82) is 0 Å². The number of carbonyl (C=O) groups is 2. The van der Waals surface area contributed by atoms with Gasteiger partial charge in [0.25, 0.3) is 5.91 Å².